The maximum atomic E-state index is 14.5. The van der Waals surface area contributed by atoms with E-state index in [0.29, 0.717) is 11.0 Å². The van der Waals surface area contributed by atoms with Gasteiger partial charge >= 0.3 is 5.97 Å². The van der Waals surface area contributed by atoms with Gasteiger partial charge in [0.25, 0.3) is 5.91 Å². The van der Waals surface area contributed by atoms with Crippen LogP contribution in [0.3, 0.4) is 0 Å². The van der Waals surface area contributed by atoms with Crippen LogP contribution in [0.25, 0.3) is 10.8 Å². The van der Waals surface area contributed by atoms with Gasteiger partial charge in [-0.1, -0.05) is 126 Å². The van der Waals surface area contributed by atoms with Crippen LogP contribution in [0.5, 0.6) is 0 Å². The van der Waals surface area contributed by atoms with E-state index >= 15 is 0 Å². The molecule has 0 aliphatic carbocycles. The Morgan fingerprint density at radius 2 is 1.62 bits per heavy atom. The Bertz CT molecular complexity index is 1200. The summed E-state index contributed by atoms with van der Waals surface area (Å²) in [6.45, 7) is 19.5. The number of rotatable bonds is 12. The van der Waals surface area contributed by atoms with Crippen LogP contribution in [0.15, 0.2) is 109 Å². The third-order valence-corrected chi connectivity index (χ3v) is 5.66. The highest BCUT2D eigenvalue weighted by molar-refractivity contribution is 5.96. The first-order chi connectivity index (χ1) is 18.8. The monoisotopic (exact) mass is 533 g/mol. The van der Waals surface area contributed by atoms with E-state index in [2.05, 4.69) is 25.4 Å². The van der Waals surface area contributed by atoms with Crippen molar-refractivity contribution in [2.75, 3.05) is 6.54 Å². The van der Waals surface area contributed by atoms with Gasteiger partial charge in [0.15, 0.2) is 0 Å². The summed E-state index contributed by atoms with van der Waals surface area (Å²) in [6.07, 6.45) is 14.2. The van der Waals surface area contributed by atoms with Crippen molar-refractivity contribution in [2.24, 2.45) is 5.92 Å². The van der Waals surface area contributed by atoms with Gasteiger partial charge in [-0.2, -0.15) is 0 Å². The molecule has 0 saturated heterocycles. The molecule has 0 aromatic heterocycles. The van der Waals surface area contributed by atoms with Crippen molar-refractivity contribution in [2.45, 2.75) is 53.9 Å². The number of allylic oxidation sites excluding steroid dienone is 8. The van der Waals surface area contributed by atoms with Gasteiger partial charge in [-0.05, 0) is 35.9 Å². The molecule has 0 aliphatic rings. The number of nitrogens with one attached hydrogen (secondary N) is 1. The third-order valence-electron chi connectivity index (χ3n) is 5.66. The van der Waals surface area contributed by atoms with Crippen molar-refractivity contribution in [3.63, 3.8) is 0 Å². The normalized spacial score (nSPS) is 13.1. The Morgan fingerprint density at radius 3 is 2.21 bits per heavy atom. The van der Waals surface area contributed by atoms with Gasteiger partial charge in [-0.15, -0.1) is 0 Å². The lowest BCUT2D eigenvalue weighted by atomic mass is 9.79. The first kappa shape index (κ1) is 35.0. The van der Waals surface area contributed by atoms with Gasteiger partial charge in [-0.25, -0.2) is 4.39 Å². The molecule has 39 heavy (non-hydrogen) atoms. The number of benzene rings is 2. The SMILES string of the molecule is C=C/C=C\C=C(/C)C(c1ccc(F)c2ccccc12)C(C)/C=C/C=C(\C=C)C(=O)NCCC(=O)O.CC.CC. The molecular formula is C34H44FNO3. The number of carboxylic acids is 1. The van der Waals surface area contributed by atoms with E-state index in [9.17, 15) is 14.0 Å². The molecule has 2 atom stereocenters. The highest BCUT2D eigenvalue weighted by atomic mass is 19.1. The lowest BCUT2D eigenvalue weighted by molar-refractivity contribution is -0.136. The molecule has 2 aromatic rings. The fourth-order valence-corrected chi connectivity index (χ4v) is 3.96. The summed E-state index contributed by atoms with van der Waals surface area (Å²) >= 11 is 0. The van der Waals surface area contributed by atoms with Gasteiger partial charge < -0.3 is 10.4 Å². The number of halogens is 1. The minimum absolute atomic E-state index is 0.00892. The van der Waals surface area contributed by atoms with E-state index < -0.39 is 5.97 Å². The molecule has 1 amide bonds. The van der Waals surface area contributed by atoms with E-state index in [-0.39, 0.29) is 36.5 Å². The lowest BCUT2D eigenvalue weighted by Crippen LogP contribution is -2.26. The van der Waals surface area contributed by atoms with Gasteiger partial charge in [0.05, 0.1) is 6.42 Å². The molecule has 0 spiro atoms. The zero-order valence-electron chi connectivity index (χ0n) is 24.2. The van der Waals surface area contributed by atoms with Gasteiger partial charge in [0, 0.05) is 23.4 Å². The minimum atomic E-state index is -0.978. The Kier molecular flexibility index (Phi) is 18.0. The summed E-state index contributed by atoms with van der Waals surface area (Å²) < 4.78 is 14.5. The maximum absolute atomic E-state index is 14.5. The molecule has 2 N–H and O–H groups in total. The number of carbonyl (C=O) groups is 2. The standard InChI is InChI=1S/C30H32FNO3.2C2H6/c1-5-7-8-12-21(3)29(26-17-18-27(31)25-16-10-9-15-24(25)26)22(4)13-11-14-23(6-2)30(35)32-20-19-28(33)34;2*1-2/h5-18,22,29H,1-2,19-20H2,3-4H3,(H,32,35)(H,33,34);2*1-2H3/b8-7-,13-11+,21-12+,23-14+;;. The second-order valence-electron chi connectivity index (χ2n) is 8.16. The molecular weight excluding hydrogens is 489 g/mol. The number of amides is 1. The van der Waals surface area contributed by atoms with Crippen molar-refractivity contribution in [3.05, 3.63) is 121 Å². The molecule has 5 heteroatoms. The summed E-state index contributed by atoms with van der Waals surface area (Å²) in [5.41, 5.74) is 2.44. The molecule has 210 valence electrons. The van der Waals surface area contributed by atoms with Crippen LogP contribution in [-0.2, 0) is 9.59 Å². The number of hydrogen-bond donors (Lipinski definition) is 2. The highest BCUT2D eigenvalue weighted by Gasteiger charge is 2.22. The smallest absolute Gasteiger partial charge is 0.305 e. The predicted molar refractivity (Wildman–Crippen MR) is 164 cm³/mol. The Hall–Kier alpha value is -3.99. The quantitative estimate of drug-likeness (QED) is 0.212. The zero-order chi connectivity index (χ0) is 29.8. The van der Waals surface area contributed by atoms with Gasteiger partial charge in [-0.3, -0.25) is 9.59 Å². The fraction of sp³-hybridized carbons (Fsp3) is 0.294. The van der Waals surface area contributed by atoms with Crippen molar-refractivity contribution >= 4 is 22.6 Å². The summed E-state index contributed by atoms with van der Waals surface area (Å²) in [5, 5.41) is 12.7. The number of fused-ring (bicyclic) bond motifs is 1. The van der Waals surface area contributed by atoms with Crippen LogP contribution in [0.2, 0.25) is 0 Å². The third kappa shape index (κ3) is 11.5. The molecule has 0 fully saturated rings. The molecule has 2 aromatic carbocycles. The first-order valence-corrected chi connectivity index (χ1v) is 13.4. The average Bonchev–Trinajstić information content (AvgIpc) is 2.94. The molecule has 0 heterocycles. The van der Waals surface area contributed by atoms with Crippen LogP contribution < -0.4 is 5.32 Å². The Balaban J connectivity index is 0.00000344. The van der Waals surface area contributed by atoms with Crippen LogP contribution in [0.1, 0.15) is 59.4 Å². The molecule has 0 radical (unpaired) electrons. The van der Waals surface area contributed by atoms with E-state index in [1.54, 1.807) is 24.3 Å². The Labute approximate surface area is 234 Å². The summed E-state index contributed by atoms with van der Waals surface area (Å²) in [6, 6.07) is 10.8. The number of carboxylic acid groups (broad SMARTS) is 1. The maximum Gasteiger partial charge on any atom is 0.305 e. The van der Waals surface area contributed by atoms with Gasteiger partial charge in [0.1, 0.15) is 5.82 Å². The molecule has 4 nitrogen and oxygen atoms in total. The predicted octanol–water partition coefficient (Wildman–Crippen LogP) is 8.70. The number of hydrogen-bond acceptors (Lipinski definition) is 2. The van der Waals surface area contributed by atoms with Crippen LogP contribution >= 0.6 is 0 Å². The molecule has 0 bridgehead atoms. The highest BCUT2D eigenvalue weighted by Crippen LogP contribution is 2.37. The van der Waals surface area contributed by atoms with Crippen LogP contribution in [0.4, 0.5) is 4.39 Å². The summed E-state index contributed by atoms with van der Waals surface area (Å²) in [7, 11) is 0. The van der Waals surface area contributed by atoms with Crippen molar-refractivity contribution < 1.29 is 19.1 Å². The van der Waals surface area contributed by atoms with E-state index in [1.165, 1.54) is 12.1 Å². The average molecular weight is 534 g/mol. The van der Waals surface area contributed by atoms with Crippen LogP contribution in [-0.4, -0.2) is 23.5 Å². The van der Waals surface area contributed by atoms with E-state index in [0.717, 1.165) is 16.5 Å². The number of aliphatic carboxylic acids is 1. The summed E-state index contributed by atoms with van der Waals surface area (Å²) in [5.74, 6) is -1.66. The van der Waals surface area contributed by atoms with Crippen molar-refractivity contribution in [1.29, 1.82) is 0 Å². The van der Waals surface area contributed by atoms with Gasteiger partial charge in [0.2, 0.25) is 0 Å². The molecule has 2 unspecified atom stereocenters. The molecule has 0 aliphatic heterocycles. The Morgan fingerprint density at radius 1 is 0.974 bits per heavy atom. The zero-order valence-corrected chi connectivity index (χ0v) is 24.2. The minimum Gasteiger partial charge on any atom is -0.481 e. The topological polar surface area (TPSA) is 66.4 Å². The second-order valence-corrected chi connectivity index (χ2v) is 8.16. The van der Waals surface area contributed by atoms with E-state index in [1.807, 2.05) is 83.2 Å². The fourth-order valence-electron chi connectivity index (χ4n) is 3.96. The molecule has 0 saturated carbocycles. The van der Waals surface area contributed by atoms with Crippen molar-refractivity contribution in [3.8, 4) is 0 Å². The van der Waals surface area contributed by atoms with Crippen molar-refractivity contribution in [1.82, 2.24) is 5.32 Å². The van der Waals surface area contributed by atoms with E-state index in [4.69, 9.17) is 5.11 Å². The number of carbonyl (C=O) groups excluding carboxylic acids is 1. The van der Waals surface area contributed by atoms with Crippen LogP contribution in [0, 0.1) is 11.7 Å². The lowest BCUT2D eigenvalue weighted by Gasteiger charge is -2.25. The second kappa shape index (κ2) is 20.0. The summed E-state index contributed by atoms with van der Waals surface area (Å²) in [4.78, 5) is 22.9. The largest absolute Gasteiger partial charge is 0.481 e. The first-order valence-electron chi connectivity index (χ1n) is 13.4. The molecule has 2 rings (SSSR count).